The van der Waals surface area contributed by atoms with Gasteiger partial charge in [-0.05, 0) is 116 Å². The average Bonchev–Trinajstić information content (AvgIpc) is 3.16. The first-order valence-corrected chi connectivity index (χ1v) is 23.9. The average molecular weight is 913 g/mol. The first kappa shape index (κ1) is 54.2. The zero-order valence-corrected chi connectivity index (χ0v) is 41.8. The molecule has 368 valence electrons. The van der Waals surface area contributed by atoms with Gasteiger partial charge in [-0.2, -0.15) is 0 Å². The van der Waals surface area contributed by atoms with Crippen LogP contribution in [0.4, 0.5) is 0 Å². The lowest BCUT2D eigenvalue weighted by Crippen LogP contribution is -2.59. The van der Waals surface area contributed by atoms with E-state index >= 15 is 0 Å². The largest absolute Gasteiger partial charge is 0.386 e. The summed E-state index contributed by atoms with van der Waals surface area (Å²) in [6.45, 7) is 32.7. The molecule has 0 radical (unpaired) electrons. The molecule has 0 aromatic carbocycles. The Labute approximate surface area is 388 Å². The fraction of sp³-hybridized carbons (Fsp3) is 0.840. The van der Waals surface area contributed by atoms with Crippen molar-refractivity contribution >= 4 is 11.9 Å². The van der Waals surface area contributed by atoms with Crippen molar-refractivity contribution in [3.63, 3.8) is 0 Å². The van der Waals surface area contributed by atoms with Gasteiger partial charge in [0.1, 0.15) is 0 Å². The van der Waals surface area contributed by atoms with Crippen molar-refractivity contribution in [3.05, 3.63) is 50.3 Å². The molecule has 3 aliphatic carbocycles. The molecule has 0 aliphatic heterocycles. The molecule has 15 nitrogen and oxygen atoms in total. The van der Waals surface area contributed by atoms with Gasteiger partial charge >= 0.3 is 17.1 Å². The summed E-state index contributed by atoms with van der Waals surface area (Å²) in [4.78, 5) is 64.6. The van der Waals surface area contributed by atoms with E-state index in [-0.39, 0.29) is 54.0 Å². The fourth-order valence-corrected chi connectivity index (χ4v) is 12.5. The molecule has 1 heterocycles. The standard InChI is InChI=1S/C50H84N6O9/c1-13-51-39-25-45(3,4)31-48(9,28-39)34-54-42(58)55(35-49(10)29-40(52-37-57)26-46(5,6)32-49)44(60)56(43(54)59)36-50(11)30-41(27-47(7,8)33-50)53-38(2)15-14-16-62-19-20-64-23-24-65-22-21-63-18-17-61-12/h39-41,53H,1-2,14-36H2,3-12H3. The Hall–Kier alpha value is -3.42. The Kier molecular flexibility index (Phi) is 19.6. The van der Waals surface area contributed by atoms with Gasteiger partial charge in [-0.1, -0.05) is 68.9 Å². The van der Waals surface area contributed by atoms with Crippen molar-refractivity contribution in [1.82, 2.24) is 19.0 Å². The molecule has 6 atom stereocenters. The number of nitrogens with zero attached hydrogens (tertiary/aromatic N) is 5. The van der Waals surface area contributed by atoms with Crippen LogP contribution in [0.25, 0.3) is 0 Å². The Morgan fingerprint density at radius 2 is 0.985 bits per heavy atom. The highest BCUT2D eigenvalue weighted by molar-refractivity contribution is 5.46. The molecule has 3 aliphatic rings. The second kappa shape index (κ2) is 23.5. The summed E-state index contributed by atoms with van der Waals surface area (Å²) in [5, 5.41) is 3.70. The zero-order valence-electron chi connectivity index (χ0n) is 41.8. The molecule has 0 bridgehead atoms. The molecule has 4 rings (SSSR count). The van der Waals surface area contributed by atoms with Crippen LogP contribution in [0.3, 0.4) is 0 Å². The number of rotatable bonds is 26. The number of aromatic nitrogens is 3. The number of methoxy groups -OCH3 is 1. The van der Waals surface area contributed by atoms with Crippen molar-refractivity contribution < 1.29 is 28.5 Å². The molecule has 0 saturated heterocycles. The summed E-state index contributed by atoms with van der Waals surface area (Å²) < 4.78 is 31.2. The van der Waals surface area contributed by atoms with Crippen molar-refractivity contribution in [3.8, 4) is 0 Å². The van der Waals surface area contributed by atoms with Crippen LogP contribution in [0.1, 0.15) is 133 Å². The SMILES string of the molecule is C=C=NC1CC(C)(C)CC(C)(Cn2c(=O)n(CC3(C)CC(N=C=O)CC(C)(C)C3)c(=O)n(CC3(C)CC(NC(=C)CCCOCCOCCOCCOCCOC)CC(C)(C)C3)c2=O)C1. The predicted molar refractivity (Wildman–Crippen MR) is 256 cm³/mol. The van der Waals surface area contributed by atoms with E-state index in [0.29, 0.717) is 85.1 Å². The number of ether oxygens (including phenoxy) is 5. The van der Waals surface area contributed by atoms with Crippen LogP contribution in [-0.4, -0.2) is 110 Å². The van der Waals surface area contributed by atoms with Crippen molar-refractivity contribution in [2.45, 2.75) is 171 Å². The second-order valence-electron chi connectivity index (χ2n) is 23.1. The number of nitrogens with one attached hydrogen (secondary N) is 1. The lowest BCUT2D eigenvalue weighted by Gasteiger charge is -2.47. The summed E-state index contributed by atoms with van der Waals surface area (Å²) >= 11 is 0. The van der Waals surface area contributed by atoms with Crippen LogP contribution in [0.5, 0.6) is 0 Å². The van der Waals surface area contributed by atoms with Crippen LogP contribution in [0.15, 0.2) is 43.2 Å². The number of aliphatic imine (C=N–C) groups is 2. The Morgan fingerprint density at radius 3 is 1.40 bits per heavy atom. The molecule has 3 saturated carbocycles. The third-order valence-electron chi connectivity index (χ3n) is 13.5. The van der Waals surface area contributed by atoms with Crippen LogP contribution in [0, 0.1) is 32.5 Å². The monoisotopic (exact) mass is 913 g/mol. The highest BCUT2D eigenvalue weighted by atomic mass is 16.6. The fourth-order valence-electron chi connectivity index (χ4n) is 12.5. The summed E-state index contributed by atoms with van der Waals surface area (Å²) in [6.07, 6.45) is 9.94. The second-order valence-corrected chi connectivity index (χ2v) is 23.1. The highest BCUT2D eigenvalue weighted by Crippen LogP contribution is 2.50. The third-order valence-corrected chi connectivity index (χ3v) is 13.5. The van der Waals surface area contributed by atoms with Crippen molar-refractivity contribution in [2.75, 3.05) is 66.6 Å². The molecule has 3 fully saturated rings. The molecular formula is C50H84N6O9. The van der Waals surface area contributed by atoms with Gasteiger partial charge in [0, 0.05) is 45.1 Å². The highest BCUT2D eigenvalue weighted by Gasteiger charge is 2.46. The van der Waals surface area contributed by atoms with Crippen LogP contribution in [0.2, 0.25) is 0 Å². The molecule has 1 aromatic heterocycles. The van der Waals surface area contributed by atoms with Gasteiger partial charge in [-0.25, -0.2) is 42.9 Å². The minimum Gasteiger partial charge on any atom is -0.386 e. The topological polar surface area (TPSA) is 166 Å². The van der Waals surface area contributed by atoms with E-state index in [2.05, 4.69) is 96.6 Å². The predicted octanol–water partition coefficient (Wildman–Crippen LogP) is 6.71. The van der Waals surface area contributed by atoms with E-state index < -0.39 is 33.3 Å². The number of carbonyl (C=O) groups excluding carboxylic acids is 1. The van der Waals surface area contributed by atoms with E-state index in [1.165, 1.54) is 13.7 Å². The molecule has 65 heavy (non-hydrogen) atoms. The molecule has 15 heteroatoms. The number of hydrogen-bond donors (Lipinski definition) is 1. The van der Waals surface area contributed by atoms with Gasteiger partial charge in [-0.15, -0.1) is 0 Å². The Morgan fingerprint density at radius 1 is 0.600 bits per heavy atom. The summed E-state index contributed by atoms with van der Waals surface area (Å²) in [5.74, 6) is 2.73. The lowest BCUT2D eigenvalue weighted by molar-refractivity contribution is -0.00792. The molecule has 6 unspecified atom stereocenters. The molecule has 1 N–H and O–H groups in total. The van der Waals surface area contributed by atoms with Gasteiger partial charge in [0.15, 0.2) is 0 Å². The van der Waals surface area contributed by atoms with Crippen LogP contribution in [-0.2, 0) is 48.1 Å². The van der Waals surface area contributed by atoms with Crippen LogP contribution < -0.4 is 22.4 Å². The minimum atomic E-state index is -0.590. The van der Waals surface area contributed by atoms with Gasteiger partial charge in [-0.3, -0.25) is 0 Å². The normalized spacial score (nSPS) is 28.2. The molecule has 1 aromatic rings. The van der Waals surface area contributed by atoms with E-state index in [9.17, 15) is 19.2 Å². The zero-order chi connectivity index (χ0) is 48.1. The lowest BCUT2D eigenvalue weighted by atomic mass is 9.62. The maximum Gasteiger partial charge on any atom is 0.336 e. The smallest absolute Gasteiger partial charge is 0.336 e. The summed E-state index contributed by atoms with van der Waals surface area (Å²) in [7, 11) is 1.64. The maximum absolute atomic E-state index is 14.9. The summed E-state index contributed by atoms with van der Waals surface area (Å²) in [6, 6.07) is -0.249. The first-order valence-electron chi connectivity index (χ1n) is 23.9. The first-order chi connectivity index (χ1) is 30.4. The van der Waals surface area contributed by atoms with Gasteiger partial charge in [0.25, 0.3) is 0 Å². The number of isocyanates is 1. The van der Waals surface area contributed by atoms with Gasteiger partial charge in [0.2, 0.25) is 6.08 Å². The van der Waals surface area contributed by atoms with E-state index in [4.69, 9.17) is 23.7 Å². The quantitative estimate of drug-likeness (QED) is 0.0600. The maximum atomic E-state index is 14.9. The van der Waals surface area contributed by atoms with Crippen LogP contribution >= 0.6 is 0 Å². The summed E-state index contributed by atoms with van der Waals surface area (Å²) in [5.41, 5.74) is -2.69. The number of hydrogen-bond acceptors (Lipinski definition) is 12. The number of allylic oxidation sites excluding steroid dienone is 1. The van der Waals surface area contributed by atoms with Gasteiger partial charge in [0.05, 0.1) is 64.9 Å². The molecule has 0 amide bonds. The Balaban J connectivity index is 1.49. The molecular weight excluding hydrogens is 829 g/mol. The van der Waals surface area contributed by atoms with Gasteiger partial charge < -0.3 is 29.0 Å². The van der Waals surface area contributed by atoms with E-state index in [0.717, 1.165) is 50.6 Å². The third kappa shape index (κ3) is 17.0. The van der Waals surface area contributed by atoms with E-state index in [1.807, 2.05) is 0 Å². The van der Waals surface area contributed by atoms with Crippen molar-refractivity contribution in [2.24, 2.45) is 42.5 Å². The minimum absolute atomic E-state index is 0.0437. The molecule has 0 spiro atoms. The van der Waals surface area contributed by atoms with E-state index in [1.54, 1.807) is 13.2 Å². The Bertz CT molecular complexity index is 1910. The van der Waals surface area contributed by atoms with Crippen molar-refractivity contribution in [1.29, 1.82) is 0 Å².